The maximum atomic E-state index is 14.3. The number of para-hydroxylation sites is 1. The molecular formula is C24H18F2N2O3S. The number of aromatic hydroxyl groups is 1. The Morgan fingerprint density at radius 2 is 1.75 bits per heavy atom. The molecule has 0 spiro atoms. The van der Waals surface area contributed by atoms with Crippen LogP contribution in [0.2, 0.25) is 0 Å². The molecule has 0 fully saturated rings. The highest BCUT2D eigenvalue weighted by Gasteiger charge is 2.18. The van der Waals surface area contributed by atoms with E-state index >= 15 is 0 Å². The van der Waals surface area contributed by atoms with E-state index in [0.29, 0.717) is 27.8 Å². The minimum Gasteiger partial charge on any atom is -0.507 e. The Morgan fingerprint density at radius 3 is 2.47 bits per heavy atom. The number of carboxylic acids is 1. The second kappa shape index (κ2) is 9.15. The van der Waals surface area contributed by atoms with Crippen LogP contribution in [0.5, 0.6) is 5.75 Å². The van der Waals surface area contributed by atoms with Gasteiger partial charge in [0, 0.05) is 23.4 Å². The predicted octanol–water partition coefficient (Wildman–Crippen LogP) is 5.70. The second-order valence-electron chi connectivity index (χ2n) is 7.05. The molecule has 3 N–H and O–H groups in total. The van der Waals surface area contributed by atoms with E-state index in [9.17, 15) is 18.7 Å². The zero-order valence-electron chi connectivity index (χ0n) is 16.7. The fourth-order valence-electron chi connectivity index (χ4n) is 3.23. The lowest BCUT2D eigenvalue weighted by atomic mass is 10.0. The number of halogens is 2. The largest absolute Gasteiger partial charge is 0.507 e. The number of nitrogens with zero attached hydrogens (tertiary/aromatic N) is 1. The third-order valence-electron chi connectivity index (χ3n) is 4.88. The predicted molar refractivity (Wildman–Crippen MR) is 119 cm³/mol. The van der Waals surface area contributed by atoms with Gasteiger partial charge in [0.1, 0.15) is 5.75 Å². The number of hydrogen-bond acceptors (Lipinski definition) is 5. The minimum absolute atomic E-state index is 0.0366. The van der Waals surface area contributed by atoms with Crippen molar-refractivity contribution in [3.8, 4) is 17.0 Å². The van der Waals surface area contributed by atoms with Crippen molar-refractivity contribution in [2.24, 2.45) is 0 Å². The molecule has 4 aromatic rings. The van der Waals surface area contributed by atoms with Gasteiger partial charge in [-0.1, -0.05) is 36.4 Å². The first kappa shape index (κ1) is 21.5. The molecule has 0 amide bonds. The van der Waals surface area contributed by atoms with Gasteiger partial charge in [-0.25, -0.2) is 18.6 Å². The fourth-order valence-corrected chi connectivity index (χ4v) is 4.23. The lowest BCUT2D eigenvalue weighted by Gasteiger charge is -2.06. The van der Waals surface area contributed by atoms with Crippen molar-refractivity contribution in [3.63, 3.8) is 0 Å². The van der Waals surface area contributed by atoms with E-state index in [1.54, 1.807) is 36.4 Å². The zero-order valence-corrected chi connectivity index (χ0v) is 17.5. The van der Waals surface area contributed by atoms with Crippen LogP contribution in [0, 0.1) is 11.6 Å². The van der Waals surface area contributed by atoms with Gasteiger partial charge in [0.05, 0.1) is 11.3 Å². The number of thiazole rings is 1. The number of nitrogens with one attached hydrogen (secondary N) is 1. The molecule has 0 unspecified atom stereocenters. The van der Waals surface area contributed by atoms with Crippen molar-refractivity contribution in [1.82, 2.24) is 4.98 Å². The van der Waals surface area contributed by atoms with Gasteiger partial charge in [0.15, 0.2) is 16.8 Å². The second-order valence-corrected chi connectivity index (χ2v) is 8.14. The van der Waals surface area contributed by atoms with Gasteiger partial charge in [0.25, 0.3) is 0 Å². The van der Waals surface area contributed by atoms with E-state index in [2.05, 4.69) is 10.3 Å². The summed E-state index contributed by atoms with van der Waals surface area (Å²) < 4.78 is 28.0. The van der Waals surface area contributed by atoms with Crippen molar-refractivity contribution in [1.29, 1.82) is 0 Å². The highest BCUT2D eigenvalue weighted by molar-refractivity contribution is 7.16. The van der Waals surface area contributed by atoms with Crippen molar-refractivity contribution in [2.45, 2.75) is 13.0 Å². The third kappa shape index (κ3) is 4.60. The van der Waals surface area contributed by atoms with Gasteiger partial charge in [-0.2, -0.15) is 0 Å². The molecule has 0 bridgehead atoms. The van der Waals surface area contributed by atoms with E-state index in [1.165, 1.54) is 35.6 Å². The molecule has 32 heavy (non-hydrogen) atoms. The Balaban J connectivity index is 1.63. The number of phenols is 1. The molecule has 162 valence electrons. The lowest BCUT2D eigenvalue weighted by Crippen LogP contribution is -2.00. The molecule has 5 nitrogen and oxygen atoms in total. The van der Waals surface area contributed by atoms with Crippen LogP contribution in [-0.2, 0) is 13.0 Å². The minimum atomic E-state index is -0.994. The standard InChI is InChI=1S/C24H18F2N2O3S/c25-18-6-3-4-16(21(18)26)12-20-22(17-5-1-2-7-19(17)29)28-24(32-20)27-13-14-8-10-15(11-9-14)23(30)31/h1-11,29H,12-13H2,(H,27,28)(H,30,31). The molecule has 3 aromatic carbocycles. The van der Waals surface area contributed by atoms with Gasteiger partial charge in [0.2, 0.25) is 0 Å². The molecule has 0 saturated heterocycles. The summed E-state index contributed by atoms with van der Waals surface area (Å²) in [6, 6.07) is 17.2. The number of anilines is 1. The van der Waals surface area contributed by atoms with E-state index in [1.807, 2.05) is 0 Å². The molecule has 1 heterocycles. The SMILES string of the molecule is O=C(O)c1ccc(CNc2nc(-c3ccccc3O)c(Cc3cccc(F)c3F)s2)cc1. The maximum Gasteiger partial charge on any atom is 0.335 e. The van der Waals surface area contributed by atoms with Crippen molar-refractivity contribution in [2.75, 3.05) is 5.32 Å². The molecule has 4 rings (SSSR count). The fraction of sp³-hybridized carbons (Fsp3) is 0.0833. The first-order valence-corrected chi connectivity index (χ1v) is 10.5. The summed E-state index contributed by atoms with van der Waals surface area (Å²) in [7, 11) is 0. The van der Waals surface area contributed by atoms with E-state index in [4.69, 9.17) is 5.11 Å². The number of phenolic OH excluding ortho intramolecular Hbond substituents is 1. The highest BCUT2D eigenvalue weighted by Crippen LogP contribution is 2.37. The monoisotopic (exact) mass is 452 g/mol. The summed E-state index contributed by atoms with van der Waals surface area (Å²) in [5, 5.41) is 23.0. The van der Waals surface area contributed by atoms with Crippen LogP contribution in [0.15, 0.2) is 66.7 Å². The molecule has 0 radical (unpaired) electrons. The highest BCUT2D eigenvalue weighted by atomic mass is 32.1. The van der Waals surface area contributed by atoms with Gasteiger partial charge in [-0.15, -0.1) is 11.3 Å². The number of hydrogen-bond donors (Lipinski definition) is 3. The van der Waals surface area contributed by atoms with Crippen LogP contribution in [0.4, 0.5) is 13.9 Å². The number of rotatable bonds is 7. The van der Waals surface area contributed by atoms with E-state index < -0.39 is 17.6 Å². The number of carbonyl (C=O) groups is 1. The molecule has 0 aliphatic rings. The van der Waals surface area contributed by atoms with Crippen molar-refractivity contribution < 1.29 is 23.8 Å². The summed E-state index contributed by atoms with van der Waals surface area (Å²) >= 11 is 1.28. The van der Waals surface area contributed by atoms with Crippen LogP contribution in [0.3, 0.4) is 0 Å². The summed E-state index contributed by atoms with van der Waals surface area (Å²) in [4.78, 5) is 16.2. The van der Waals surface area contributed by atoms with Crippen LogP contribution in [0.25, 0.3) is 11.3 Å². The molecule has 8 heteroatoms. The Hall–Kier alpha value is -3.78. The Bertz CT molecular complexity index is 1270. The van der Waals surface area contributed by atoms with Crippen LogP contribution < -0.4 is 5.32 Å². The first-order chi connectivity index (χ1) is 15.4. The van der Waals surface area contributed by atoms with Gasteiger partial charge < -0.3 is 15.5 Å². The topological polar surface area (TPSA) is 82.5 Å². The zero-order chi connectivity index (χ0) is 22.7. The molecule has 0 saturated carbocycles. The smallest absolute Gasteiger partial charge is 0.335 e. The number of benzene rings is 3. The van der Waals surface area contributed by atoms with E-state index in [0.717, 1.165) is 11.6 Å². The van der Waals surface area contributed by atoms with E-state index in [-0.39, 0.29) is 23.3 Å². The van der Waals surface area contributed by atoms with Gasteiger partial charge in [-0.05, 0) is 41.5 Å². The average Bonchev–Trinajstić information content (AvgIpc) is 3.18. The van der Waals surface area contributed by atoms with Gasteiger partial charge >= 0.3 is 5.97 Å². The Labute approximate surface area is 186 Å². The summed E-state index contributed by atoms with van der Waals surface area (Å²) in [5.41, 5.74) is 2.23. The third-order valence-corrected chi connectivity index (χ3v) is 5.90. The van der Waals surface area contributed by atoms with Crippen LogP contribution in [-0.4, -0.2) is 21.2 Å². The summed E-state index contributed by atoms with van der Waals surface area (Å²) in [6.07, 6.45) is 0.111. The molecular weight excluding hydrogens is 434 g/mol. The Morgan fingerprint density at radius 1 is 1.00 bits per heavy atom. The summed E-state index contributed by atoms with van der Waals surface area (Å²) in [5.74, 6) is -2.78. The molecule has 1 aromatic heterocycles. The number of carboxylic acid groups (broad SMARTS) is 1. The average molecular weight is 452 g/mol. The molecule has 0 atom stereocenters. The van der Waals surface area contributed by atoms with Crippen molar-refractivity contribution in [3.05, 3.63) is 99.9 Å². The summed E-state index contributed by atoms with van der Waals surface area (Å²) in [6.45, 7) is 0.390. The molecule has 0 aliphatic carbocycles. The first-order valence-electron chi connectivity index (χ1n) is 9.69. The van der Waals surface area contributed by atoms with Gasteiger partial charge in [-0.3, -0.25) is 0 Å². The Kier molecular flexibility index (Phi) is 6.13. The van der Waals surface area contributed by atoms with Crippen LogP contribution >= 0.6 is 11.3 Å². The maximum absolute atomic E-state index is 14.3. The lowest BCUT2D eigenvalue weighted by molar-refractivity contribution is 0.0697. The van der Waals surface area contributed by atoms with Crippen LogP contribution in [0.1, 0.15) is 26.4 Å². The number of aromatic nitrogens is 1. The van der Waals surface area contributed by atoms with Crippen molar-refractivity contribution >= 4 is 22.4 Å². The molecule has 0 aliphatic heterocycles. The number of aromatic carboxylic acids is 1. The normalized spacial score (nSPS) is 10.8. The quantitative estimate of drug-likeness (QED) is 0.335.